The molecule has 0 aliphatic heterocycles. The van der Waals surface area contributed by atoms with Gasteiger partial charge in [-0.2, -0.15) is 0 Å². The van der Waals surface area contributed by atoms with Crippen molar-refractivity contribution in [3.05, 3.63) is 28.8 Å². The van der Waals surface area contributed by atoms with Gasteiger partial charge in [-0.15, -0.1) is 10.2 Å². The molecule has 0 saturated carbocycles. The van der Waals surface area contributed by atoms with Crippen molar-refractivity contribution in [2.45, 2.75) is 25.9 Å². The van der Waals surface area contributed by atoms with Crippen molar-refractivity contribution in [2.75, 3.05) is 12.4 Å². The van der Waals surface area contributed by atoms with Crippen LogP contribution in [0, 0.1) is 13.8 Å². The monoisotopic (exact) mass is 322 g/mol. The van der Waals surface area contributed by atoms with Crippen molar-refractivity contribution >= 4 is 23.5 Å². The molecule has 22 heavy (non-hydrogen) atoms. The molecule has 0 radical (unpaired) electrons. The summed E-state index contributed by atoms with van der Waals surface area (Å²) in [5.41, 5.74) is 2.03. The number of Topliss-reactive ketones (excluding diaryl/α,β-unsaturated/α-hetero) is 1. The smallest absolute Gasteiger partial charge is 0.340 e. The van der Waals surface area contributed by atoms with Crippen molar-refractivity contribution in [2.24, 2.45) is 7.05 Å². The van der Waals surface area contributed by atoms with Gasteiger partial charge in [0.1, 0.15) is 6.33 Å². The predicted molar refractivity (Wildman–Crippen MR) is 82.3 cm³/mol. The summed E-state index contributed by atoms with van der Waals surface area (Å²) in [5.74, 6) is -0.439. The highest BCUT2D eigenvalue weighted by Gasteiger charge is 2.25. The lowest BCUT2D eigenvalue weighted by atomic mass is 10.1. The third-order valence-electron chi connectivity index (χ3n) is 3.14. The van der Waals surface area contributed by atoms with Gasteiger partial charge < -0.3 is 14.3 Å². The molecule has 0 amide bonds. The van der Waals surface area contributed by atoms with Gasteiger partial charge in [0.2, 0.25) is 0 Å². The molecule has 118 valence electrons. The average Bonchev–Trinajstić information content (AvgIpc) is 2.99. The molecule has 2 aromatic rings. The average molecular weight is 322 g/mol. The van der Waals surface area contributed by atoms with Gasteiger partial charge in [0.05, 0.1) is 23.5 Å². The highest BCUT2D eigenvalue weighted by Crippen LogP contribution is 2.23. The van der Waals surface area contributed by atoms with E-state index in [1.54, 1.807) is 31.7 Å². The summed E-state index contributed by atoms with van der Waals surface area (Å²) in [7, 11) is 1.81. The molecule has 0 aromatic carbocycles. The Morgan fingerprint density at radius 3 is 2.59 bits per heavy atom. The molecule has 2 heterocycles. The van der Waals surface area contributed by atoms with Crippen LogP contribution in [-0.4, -0.2) is 43.9 Å². The first kappa shape index (κ1) is 16.3. The van der Waals surface area contributed by atoms with Crippen LogP contribution in [0.1, 0.15) is 39.0 Å². The summed E-state index contributed by atoms with van der Waals surface area (Å²) in [6.07, 6.45) is 1.57. The highest BCUT2D eigenvalue weighted by molar-refractivity contribution is 7.99. The van der Waals surface area contributed by atoms with Crippen molar-refractivity contribution in [3.63, 3.8) is 0 Å². The lowest BCUT2D eigenvalue weighted by Gasteiger charge is -2.05. The van der Waals surface area contributed by atoms with Crippen LogP contribution in [0.15, 0.2) is 11.5 Å². The third kappa shape index (κ3) is 3.22. The molecule has 0 unspecified atom stereocenters. The first-order chi connectivity index (χ1) is 10.5. The molecule has 1 N–H and O–H groups in total. The second-order valence-electron chi connectivity index (χ2n) is 4.78. The number of carbonyl (C=O) groups is 2. The molecule has 0 atom stereocenters. The second-order valence-corrected chi connectivity index (χ2v) is 5.72. The molecule has 7 nitrogen and oxygen atoms in total. The summed E-state index contributed by atoms with van der Waals surface area (Å²) >= 11 is 1.28. The van der Waals surface area contributed by atoms with E-state index in [-0.39, 0.29) is 18.1 Å². The first-order valence-electron chi connectivity index (χ1n) is 6.82. The summed E-state index contributed by atoms with van der Waals surface area (Å²) < 4.78 is 6.77. The summed E-state index contributed by atoms with van der Waals surface area (Å²) in [4.78, 5) is 27.6. The van der Waals surface area contributed by atoms with Gasteiger partial charge in [-0.05, 0) is 20.8 Å². The fourth-order valence-corrected chi connectivity index (χ4v) is 2.95. The van der Waals surface area contributed by atoms with Crippen molar-refractivity contribution in [3.8, 4) is 0 Å². The number of aromatic amines is 1. The summed E-state index contributed by atoms with van der Waals surface area (Å²) in [6.45, 7) is 5.53. The number of aryl methyl sites for hydroxylation is 3. The van der Waals surface area contributed by atoms with Gasteiger partial charge in [0.25, 0.3) is 0 Å². The van der Waals surface area contributed by atoms with Crippen LogP contribution < -0.4 is 0 Å². The molecule has 0 saturated heterocycles. The Morgan fingerprint density at radius 1 is 1.32 bits per heavy atom. The molecular weight excluding hydrogens is 304 g/mol. The molecule has 8 heteroatoms. The van der Waals surface area contributed by atoms with Gasteiger partial charge >= 0.3 is 5.97 Å². The van der Waals surface area contributed by atoms with E-state index in [0.717, 1.165) is 0 Å². The number of thioether (sulfide) groups is 1. The quantitative estimate of drug-likeness (QED) is 0.496. The number of carbonyl (C=O) groups excluding carboxylic acids is 2. The van der Waals surface area contributed by atoms with Crippen LogP contribution in [0.5, 0.6) is 0 Å². The molecule has 0 bridgehead atoms. The fourth-order valence-electron chi connectivity index (χ4n) is 2.19. The highest BCUT2D eigenvalue weighted by atomic mass is 32.2. The van der Waals surface area contributed by atoms with Crippen LogP contribution in [-0.2, 0) is 11.8 Å². The number of rotatable bonds is 6. The van der Waals surface area contributed by atoms with Gasteiger partial charge in [0.15, 0.2) is 10.9 Å². The minimum Gasteiger partial charge on any atom is -0.462 e. The first-order valence-corrected chi connectivity index (χ1v) is 7.80. The fraction of sp³-hybridized carbons (Fsp3) is 0.429. The number of H-pyrrole nitrogens is 1. The van der Waals surface area contributed by atoms with Crippen LogP contribution in [0.3, 0.4) is 0 Å². The largest absolute Gasteiger partial charge is 0.462 e. The lowest BCUT2D eigenvalue weighted by molar-refractivity contribution is 0.0522. The normalized spacial score (nSPS) is 10.7. The Kier molecular flexibility index (Phi) is 5.02. The van der Waals surface area contributed by atoms with E-state index in [9.17, 15) is 9.59 Å². The number of aromatic nitrogens is 4. The van der Waals surface area contributed by atoms with E-state index in [0.29, 0.717) is 27.7 Å². The van der Waals surface area contributed by atoms with Gasteiger partial charge in [0, 0.05) is 18.4 Å². The van der Waals surface area contributed by atoms with Gasteiger partial charge in [-0.3, -0.25) is 4.79 Å². The predicted octanol–water partition coefficient (Wildman–Crippen LogP) is 1.91. The Balaban J connectivity index is 2.22. The minimum absolute atomic E-state index is 0.141. The van der Waals surface area contributed by atoms with Gasteiger partial charge in [-0.25, -0.2) is 4.79 Å². The van der Waals surface area contributed by atoms with Crippen LogP contribution in [0.4, 0.5) is 0 Å². The molecule has 0 aliphatic rings. The SMILES string of the molecule is CCOC(=O)c1c(C)[nH]c(C)c1C(=O)CSc1nncn1C. The molecule has 2 aromatic heterocycles. The molecule has 0 aliphatic carbocycles. The Bertz CT molecular complexity index is 705. The maximum atomic E-state index is 12.5. The molecule has 2 rings (SSSR count). The number of esters is 1. The zero-order valence-corrected chi connectivity index (χ0v) is 13.8. The molecular formula is C14H18N4O3S. The maximum absolute atomic E-state index is 12.5. The van der Waals surface area contributed by atoms with Crippen LogP contribution in [0.25, 0.3) is 0 Å². The van der Waals surface area contributed by atoms with Crippen molar-refractivity contribution in [1.82, 2.24) is 19.7 Å². The van der Waals surface area contributed by atoms with Crippen molar-refractivity contribution < 1.29 is 14.3 Å². The zero-order chi connectivity index (χ0) is 16.3. The molecule has 0 spiro atoms. The van der Waals surface area contributed by atoms with E-state index < -0.39 is 5.97 Å². The summed E-state index contributed by atoms with van der Waals surface area (Å²) in [6, 6.07) is 0. The van der Waals surface area contributed by atoms with E-state index in [2.05, 4.69) is 15.2 Å². The third-order valence-corrected chi connectivity index (χ3v) is 4.17. The van der Waals surface area contributed by atoms with E-state index >= 15 is 0 Å². The lowest BCUT2D eigenvalue weighted by Crippen LogP contribution is -2.13. The second kappa shape index (κ2) is 6.78. The topological polar surface area (TPSA) is 89.9 Å². The number of nitrogens with one attached hydrogen (secondary N) is 1. The number of ketones is 1. The minimum atomic E-state index is -0.476. The summed E-state index contributed by atoms with van der Waals surface area (Å²) in [5, 5.41) is 8.33. The maximum Gasteiger partial charge on any atom is 0.340 e. The molecule has 0 fully saturated rings. The van der Waals surface area contributed by atoms with E-state index in [1.807, 2.05) is 7.05 Å². The Labute approximate surface area is 132 Å². The number of hydrogen-bond donors (Lipinski definition) is 1. The Morgan fingerprint density at radius 2 is 2.00 bits per heavy atom. The standard InChI is InChI=1S/C14H18N4O3S/c1-5-21-13(20)12-9(3)16-8(2)11(12)10(19)6-22-14-17-15-7-18(14)4/h7,16H,5-6H2,1-4H3. The number of ether oxygens (including phenoxy) is 1. The van der Waals surface area contributed by atoms with Crippen molar-refractivity contribution in [1.29, 1.82) is 0 Å². The van der Waals surface area contributed by atoms with Crippen LogP contribution >= 0.6 is 11.8 Å². The Hall–Kier alpha value is -2.09. The van der Waals surface area contributed by atoms with Crippen LogP contribution in [0.2, 0.25) is 0 Å². The number of hydrogen-bond acceptors (Lipinski definition) is 6. The zero-order valence-electron chi connectivity index (χ0n) is 13.0. The number of nitrogens with zero attached hydrogens (tertiary/aromatic N) is 3. The van der Waals surface area contributed by atoms with Gasteiger partial charge in [-0.1, -0.05) is 11.8 Å². The van der Waals surface area contributed by atoms with E-state index in [4.69, 9.17) is 4.74 Å². The van der Waals surface area contributed by atoms with E-state index in [1.165, 1.54) is 11.8 Å².